The van der Waals surface area contributed by atoms with E-state index >= 15 is 0 Å². The Morgan fingerprint density at radius 1 is 0.500 bits per heavy atom. The van der Waals surface area contributed by atoms with Gasteiger partial charge in [0.25, 0.3) is 0 Å². The van der Waals surface area contributed by atoms with Gasteiger partial charge in [0, 0.05) is 37.9 Å². The molecule has 0 spiro atoms. The maximum absolute atomic E-state index is 10.7. The fourth-order valence-corrected chi connectivity index (χ4v) is 7.96. The third kappa shape index (κ3) is 3.80. The maximum atomic E-state index is 10.7. The molecule has 5 heteroatoms. The highest BCUT2D eigenvalue weighted by molar-refractivity contribution is 6.17. The largest absolute Gasteiger partial charge is 0.456 e. The molecular weight excluding hydrogens is 613 g/mol. The molecule has 3 heterocycles. The van der Waals surface area contributed by atoms with E-state index < -0.39 is 0 Å². The molecule has 3 aromatic heterocycles. The highest BCUT2D eigenvalue weighted by Crippen LogP contribution is 2.42. The first-order valence-electron chi connectivity index (χ1n) is 16.6. The van der Waals surface area contributed by atoms with Gasteiger partial charge in [-0.1, -0.05) is 84.9 Å². The van der Waals surface area contributed by atoms with Gasteiger partial charge in [-0.05, 0) is 72.6 Å². The Kier molecular flexibility index (Phi) is 5.85. The lowest BCUT2D eigenvalue weighted by atomic mass is 9.95. The first-order chi connectivity index (χ1) is 24.6. The number of benzene rings is 7. The normalized spacial score (nSPS) is 11.7. The van der Waals surface area contributed by atoms with E-state index in [4.69, 9.17) is 4.42 Å². The zero-order valence-electron chi connectivity index (χ0n) is 27.0. The van der Waals surface area contributed by atoms with Gasteiger partial charge in [-0.2, -0.15) is 10.5 Å². The predicted octanol–water partition coefficient (Wildman–Crippen LogP) is 11.5. The molecule has 0 saturated carbocycles. The van der Waals surface area contributed by atoms with Crippen LogP contribution in [0.4, 0.5) is 0 Å². The number of hydrogen-bond acceptors (Lipinski definition) is 3. The molecule has 0 radical (unpaired) electrons. The molecule has 0 N–H and O–H groups in total. The van der Waals surface area contributed by atoms with Gasteiger partial charge in [0.05, 0.1) is 44.6 Å². The van der Waals surface area contributed by atoms with Crippen molar-refractivity contribution in [1.82, 2.24) is 9.13 Å². The van der Waals surface area contributed by atoms with Crippen LogP contribution in [0.25, 0.3) is 88.1 Å². The molecule has 50 heavy (non-hydrogen) atoms. The van der Waals surface area contributed by atoms with Crippen molar-refractivity contribution in [3.8, 4) is 34.6 Å². The standard InChI is InChI=1S/C45H26N4O/c1-27-21-29(30-16-10-11-28(25-46)45(30)49-39-18-7-2-12-31(39)32-13-3-8-19-40(32)49)22-41(37(27)26-47)48-38-17-6-4-14-33(38)35-24-44-36(23-42(35)48)34-15-5-9-20-43(34)50-44/h2-24H,1H3. The van der Waals surface area contributed by atoms with Gasteiger partial charge in [-0.15, -0.1) is 0 Å². The summed E-state index contributed by atoms with van der Waals surface area (Å²) in [5.74, 6) is 0. The van der Waals surface area contributed by atoms with E-state index in [1.54, 1.807) is 0 Å². The number of furan rings is 1. The smallest absolute Gasteiger partial charge is 0.136 e. The van der Waals surface area contributed by atoms with Crippen LogP contribution in [0.5, 0.6) is 0 Å². The summed E-state index contributed by atoms with van der Waals surface area (Å²) in [4.78, 5) is 0. The average molecular weight is 639 g/mol. The summed E-state index contributed by atoms with van der Waals surface area (Å²) in [5.41, 5.74) is 11.2. The first-order valence-corrected chi connectivity index (χ1v) is 16.6. The van der Waals surface area contributed by atoms with Crippen molar-refractivity contribution < 1.29 is 4.42 Å². The van der Waals surface area contributed by atoms with Gasteiger partial charge >= 0.3 is 0 Å². The van der Waals surface area contributed by atoms with Crippen molar-refractivity contribution >= 4 is 65.6 Å². The molecule has 0 saturated heterocycles. The van der Waals surface area contributed by atoms with Gasteiger partial charge in [-0.25, -0.2) is 0 Å². The SMILES string of the molecule is Cc1cc(-c2cccc(C#N)c2-n2c3ccccc3c3ccccc32)cc(-n2c3ccccc3c3cc4oc5ccccc5c4cc32)c1C#N. The van der Waals surface area contributed by atoms with Crippen molar-refractivity contribution in [3.05, 3.63) is 156 Å². The predicted molar refractivity (Wildman–Crippen MR) is 202 cm³/mol. The van der Waals surface area contributed by atoms with Crippen LogP contribution in [0.2, 0.25) is 0 Å². The molecule has 0 amide bonds. The van der Waals surface area contributed by atoms with Gasteiger partial charge in [0.15, 0.2) is 0 Å². The topological polar surface area (TPSA) is 70.6 Å². The lowest BCUT2D eigenvalue weighted by Crippen LogP contribution is -2.03. The van der Waals surface area contributed by atoms with Gasteiger partial charge < -0.3 is 13.6 Å². The summed E-state index contributed by atoms with van der Waals surface area (Å²) in [6.45, 7) is 2.00. The molecule has 0 aliphatic heterocycles. The van der Waals surface area contributed by atoms with Crippen LogP contribution in [0, 0.1) is 29.6 Å². The lowest BCUT2D eigenvalue weighted by molar-refractivity contribution is 0.669. The van der Waals surface area contributed by atoms with E-state index in [1.165, 1.54) is 0 Å². The maximum Gasteiger partial charge on any atom is 0.136 e. The van der Waals surface area contributed by atoms with E-state index in [1.807, 2.05) is 61.5 Å². The van der Waals surface area contributed by atoms with Crippen LogP contribution in [-0.2, 0) is 0 Å². The zero-order valence-corrected chi connectivity index (χ0v) is 27.0. The number of hydrogen-bond donors (Lipinski definition) is 0. The fourth-order valence-electron chi connectivity index (χ4n) is 7.96. The Morgan fingerprint density at radius 3 is 1.80 bits per heavy atom. The second-order valence-corrected chi connectivity index (χ2v) is 12.8. The molecule has 10 aromatic rings. The minimum atomic E-state index is 0.573. The number of nitriles is 2. The monoisotopic (exact) mass is 638 g/mol. The van der Waals surface area contributed by atoms with Crippen molar-refractivity contribution in [1.29, 1.82) is 10.5 Å². The fraction of sp³-hybridized carbons (Fsp3) is 0.0222. The van der Waals surface area contributed by atoms with Crippen LogP contribution >= 0.6 is 0 Å². The molecule has 10 rings (SSSR count). The van der Waals surface area contributed by atoms with E-state index in [0.29, 0.717) is 11.1 Å². The molecule has 0 unspecified atom stereocenters. The minimum Gasteiger partial charge on any atom is -0.456 e. The molecule has 232 valence electrons. The number of fused-ring (bicyclic) bond motifs is 9. The third-order valence-electron chi connectivity index (χ3n) is 10.1. The summed E-state index contributed by atoms with van der Waals surface area (Å²) in [6, 6.07) is 52.6. The van der Waals surface area contributed by atoms with Crippen molar-refractivity contribution in [2.45, 2.75) is 6.92 Å². The Labute approximate surface area is 286 Å². The van der Waals surface area contributed by atoms with Crippen LogP contribution < -0.4 is 0 Å². The molecule has 0 atom stereocenters. The Hall–Kier alpha value is -7.08. The van der Waals surface area contributed by atoms with Gasteiger partial charge in [0.2, 0.25) is 0 Å². The highest BCUT2D eigenvalue weighted by atomic mass is 16.3. The van der Waals surface area contributed by atoms with E-state index in [0.717, 1.165) is 93.6 Å². The molecule has 7 aromatic carbocycles. The van der Waals surface area contributed by atoms with Crippen LogP contribution in [-0.4, -0.2) is 9.13 Å². The average Bonchev–Trinajstić information content (AvgIpc) is 3.80. The van der Waals surface area contributed by atoms with Crippen molar-refractivity contribution in [2.75, 3.05) is 0 Å². The van der Waals surface area contributed by atoms with E-state index in [9.17, 15) is 10.5 Å². The number of aromatic nitrogens is 2. The summed E-state index contributed by atoms with van der Waals surface area (Å²) in [7, 11) is 0. The van der Waals surface area contributed by atoms with Crippen LogP contribution in [0.3, 0.4) is 0 Å². The van der Waals surface area contributed by atoms with Crippen LogP contribution in [0.1, 0.15) is 16.7 Å². The lowest BCUT2D eigenvalue weighted by Gasteiger charge is -2.19. The second kappa shape index (κ2) is 10.5. The number of para-hydroxylation sites is 5. The Morgan fingerprint density at radius 2 is 1.12 bits per heavy atom. The van der Waals surface area contributed by atoms with E-state index in [2.05, 4.69) is 106 Å². The summed E-state index contributed by atoms with van der Waals surface area (Å²) >= 11 is 0. The molecule has 5 nitrogen and oxygen atoms in total. The quantitative estimate of drug-likeness (QED) is 0.193. The third-order valence-corrected chi connectivity index (χ3v) is 10.1. The minimum absolute atomic E-state index is 0.573. The summed E-state index contributed by atoms with van der Waals surface area (Å²) in [5, 5.41) is 27.7. The molecular formula is C45H26N4O. The summed E-state index contributed by atoms with van der Waals surface area (Å²) in [6.07, 6.45) is 0. The highest BCUT2D eigenvalue weighted by Gasteiger charge is 2.23. The molecule has 0 bridgehead atoms. The Balaban J connectivity index is 1.31. The van der Waals surface area contributed by atoms with E-state index in [-0.39, 0.29) is 0 Å². The van der Waals surface area contributed by atoms with Crippen molar-refractivity contribution in [2.24, 2.45) is 0 Å². The molecule has 0 aliphatic rings. The van der Waals surface area contributed by atoms with Gasteiger partial charge in [0.1, 0.15) is 23.3 Å². The first kappa shape index (κ1) is 28.0. The Bertz CT molecular complexity index is 3090. The van der Waals surface area contributed by atoms with Crippen LogP contribution in [0.15, 0.2) is 144 Å². The second-order valence-electron chi connectivity index (χ2n) is 12.8. The molecule has 0 aliphatic carbocycles. The number of aryl methyl sites for hydroxylation is 1. The molecule has 0 fully saturated rings. The zero-order chi connectivity index (χ0) is 33.5. The number of rotatable bonds is 3. The summed E-state index contributed by atoms with van der Waals surface area (Å²) < 4.78 is 10.7. The van der Waals surface area contributed by atoms with Crippen molar-refractivity contribution in [3.63, 3.8) is 0 Å². The van der Waals surface area contributed by atoms with Gasteiger partial charge in [-0.3, -0.25) is 0 Å². The number of nitrogens with zero attached hydrogens (tertiary/aromatic N) is 4.